The summed E-state index contributed by atoms with van der Waals surface area (Å²) >= 11 is 24.6. The molecule has 7 heteroatoms. The standard InChI is InChI=1S/C20H11Cl4N3/c21-11-5-6-15(17(24)10-11)19-26-18-4-2-1-3-16(18)20(27-19)25-14-8-12(22)7-13(23)9-14/h1-10H,(H,25,26,27). The molecule has 3 aromatic carbocycles. The molecule has 1 heterocycles. The Hall–Kier alpha value is -2.04. The Balaban J connectivity index is 1.88. The van der Waals surface area contributed by atoms with Crippen molar-refractivity contribution < 1.29 is 0 Å². The maximum absolute atomic E-state index is 6.35. The number of benzene rings is 3. The lowest BCUT2D eigenvalue weighted by Crippen LogP contribution is -1.99. The van der Waals surface area contributed by atoms with Crippen LogP contribution in [0.3, 0.4) is 0 Å². The quantitative estimate of drug-likeness (QED) is 0.359. The van der Waals surface area contributed by atoms with Crippen LogP contribution in [0.15, 0.2) is 60.7 Å². The molecule has 0 saturated carbocycles. The molecule has 0 aliphatic heterocycles. The van der Waals surface area contributed by atoms with Crippen LogP contribution in [0.2, 0.25) is 20.1 Å². The van der Waals surface area contributed by atoms with Gasteiger partial charge in [-0.15, -0.1) is 0 Å². The summed E-state index contributed by atoms with van der Waals surface area (Å²) in [4.78, 5) is 9.32. The highest BCUT2D eigenvalue weighted by atomic mass is 35.5. The van der Waals surface area contributed by atoms with E-state index in [1.807, 2.05) is 24.3 Å². The van der Waals surface area contributed by atoms with Crippen molar-refractivity contribution >= 4 is 68.8 Å². The Kier molecular flexibility index (Phi) is 5.11. The Morgan fingerprint density at radius 2 is 1.44 bits per heavy atom. The predicted octanol–water partition coefficient (Wildman–Crippen LogP) is 7.65. The van der Waals surface area contributed by atoms with Gasteiger partial charge >= 0.3 is 0 Å². The van der Waals surface area contributed by atoms with E-state index in [1.165, 1.54) is 0 Å². The summed E-state index contributed by atoms with van der Waals surface area (Å²) in [6, 6.07) is 18.2. The molecule has 0 aliphatic carbocycles. The van der Waals surface area contributed by atoms with E-state index < -0.39 is 0 Å². The smallest absolute Gasteiger partial charge is 0.163 e. The molecule has 0 amide bonds. The van der Waals surface area contributed by atoms with Crippen LogP contribution in [0.1, 0.15) is 0 Å². The maximum atomic E-state index is 6.35. The lowest BCUT2D eigenvalue weighted by atomic mass is 10.1. The molecule has 0 bridgehead atoms. The van der Waals surface area contributed by atoms with E-state index in [4.69, 9.17) is 46.4 Å². The number of para-hydroxylation sites is 1. The summed E-state index contributed by atoms with van der Waals surface area (Å²) in [5.74, 6) is 1.12. The monoisotopic (exact) mass is 433 g/mol. The lowest BCUT2D eigenvalue weighted by molar-refractivity contribution is 1.22. The largest absolute Gasteiger partial charge is 0.340 e. The third-order valence-corrected chi connectivity index (χ3v) is 4.88. The number of fused-ring (bicyclic) bond motifs is 1. The van der Waals surface area contributed by atoms with Gasteiger partial charge in [-0.2, -0.15) is 0 Å². The molecule has 0 radical (unpaired) electrons. The number of anilines is 2. The zero-order chi connectivity index (χ0) is 19.0. The molecule has 0 saturated heterocycles. The van der Waals surface area contributed by atoms with Crippen LogP contribution in [0, 0.1) is 0 Å². The van der Waals surface area contributed by atoms with E-state index in [0.717, 1.165) is 16.6 Å². The molecule has 0 unspecified atom stereocenters. The van der Waals surface area contributed by atoms with Crippen molar-refractivity contribution in [1.82, 2.24) is 9.97 Å². The summed E-state index contributed by atoms with van der Waals surface area (Å²) in [5.41, 5.74) is 2.20. The molecule has 0 spiro atoms. The number of rotatable bonds is 3. The maximum Gasteiger partial charge on any atom is 0.163 e. The van der Waals surface area contributed by atoms with E-state index in [0.29, 0.717) is 37.3 Å². The van der Waals surface area contributed by atoms with Crippen LogP contribution in [0.4, 0.5) is 11.5 Å². The van der Waals surface area contributed by atoms with Gasteiger partial charge in [-0.1, -0.05) is 58.5 Å². The summed E-state index contributed by atoms with van der Waals surface area (Å²) in [5, 5.41) is 6.24. The second-order valence-corrected chi connectivity index (χ2v) is 7.54. The normalized spacial score (nSPS) is 11.0. The molecule has 134 valence electrons. The van der Waals surface area contributed by atoms with E-state index in [1.54, 1.807) is 36.4 Å². The van der Waals surface area contributed by atoms with Gasteiger partial charge in [0.25, 0.3) is 0 Å². The van der Waals surface area contributed by atoms with Gasteiger partial charge in [0.1, 0.15) is 5.82 Å². The average molecular weight is 435 g/mol. The third kappa shape index (κ3) is 3.97. The molecular weight excluding hydrogens is 424 g/mol. The molecule has 0 aliphatic rings. The van der Waals surface area contributed by atoms with Crippen LogP contribution in [0.5, 0.6) is 0 Å². The van der Waals surface area contributed by atoms with Gasteiger partial charge < -0.3 is 5.32 Å². The van der Waals surface area contributed by atoms with Crippen molar-refractivity contribution in [3.05, 3.63) is 80.8 Å². The molecule has 3 nitrogen and oxygen atoms in total. The van der Waals surface area contributed by atoms with Gasteiger partial charge in [0.15, 0.2) is 5.82 Å². The lowest BCUT2D eigenvalue weighted by Gasteiger charge is -2.12. The van der Waals surface area contributed by atoms with Gasteiger partial charge in [-0.25, -0.2) is 9.97 Å². The van der Waals surface area contributed by atoms with Crippen molar-refractivity contribution in [1.29, 1.82) is 0 Å². The fraction of sp³-hybridized carbons (Fsp3) is 0. The number of nitrogens with one attached hydrogen (secondary N) is 1. The third-order valence-electron chi connectivity index (χ3n) is 3.90. The Bertz CT molecular complexity index is 1140. The highest BCUT2D eigenvalue weighted by Gasteiger charge is 2.13. The van der Waals surface area contributed by atoms with Crippen molar-refractivity contribution in [3.63, 3.8) is 0 Å². The second kappa shape index (κ2) is 7.53. The molecule has 27 heavy (non-hydrogen) atoms. The molecule has 0 atom stereocenters. The zero-order valence-electron chi connectivity index (χ0n) is 13.7. The Labute approximate surface area is 175 Å². The molecule has 1 N–H and O–H groups in total. The number of hydrogen-bond donors (Lipinski definition) is 1. The summed E-state index contributed by atoms with van der Waals surface area (Å²) in [7, 11) is 0. The molecule has 0 fully saturated rings. The first-order valence-corrected chi connectivity index (χ1v) is 9.46. The van der Waals surface area contributed by atoms with Crippen LogP contribution in [-0.2, 0) is 0 Å². The molecular formula is C20H11Cl4N3. The van der Waals surface area contributed by atoms with Gasteiger partial charge in [-0.05, 0) is 48.5 Å². The fourth-order valence-corrected chi connectivity index (χ4v) is 3.74. The van der Waals surface area contributed by atoms with Crippen molar-refractivity contribution in [3.8, 4) is 11.4 Å². The van der Waals surface area contributed by atoms with Gasteiger partial charge in [0, 0.05) is 31.7 Å². The van der Waals surface area contributed by atoms with Gasteiger partial charge in [0.05, 0.1) is 10.5 Å². The molecule has 4 rings (SSSR count). The van der Waals surface area contributed by atoms with E-state index in [2.05, 4.69) is 15.3 Å². The highest BCUT2D eigenvalue weighted by molar-refractivity contribution is 6.36. The number of nitrogens with zero attached hydrogens (tertiary/aromatic N) is 2. The van der Waals surface area contributed by atoms with Crippen molar-refractivity contribution in [2.75, 3.05) is 5.32 Å². The SMILES string of the molecule is Clc1cc(Cl)cc(Nc2nc(-c3ccc(Cl)cc3Cl)nc3ccccc23)c1. The van der Waals surface area contributed by atoms with E-state index >= 15 is 0 Å². The Morgan fingerprint density at radius 3 is 2.19 bits per heavy atom. The van der Waals surface area contributed by atoms with Crippen LogP contribution >= 0.6 is 46.4 Å². The van der Waals surface area contributed by atoms with Crippen molar-refractivity contribution in [2.24, 2.45) is 0 Å². The number of halogens is 4. The van der Waals surface area contributed by atoms with Gasteiger partial charge in [0.2, 0.25) is 0 Å². The summed E-state index contributed by atoms with van der Waals surface area (Å²) in [6.07, 6.45) is 0. The van der Waals surface area contributed by atoms with E-state index in [9.17, 15) is 0 Å². The minimum atomic E-state index is 0.481. The second-order valence-electron chi connectivity index (χ2n) is 5.82. The average Bonchev–Trinajstić information content (AvgIpc) is 2.60. The number of aromatic nitrogens is 2. The summed E-state index contributed by atoms with van der Waals surface area (Å²) < 4.78 is 0. The number of hydrogen-bond acceptors (Lipinski definition) is 3. The minimum absolute atomic E-state index is 0.481. The van der Waals surface area contributed by atoms with Crippen molar-refractivity contribution in [2.45, 2.75) is 0 Å². The first-order valence-electron chi connectivity index (χ1n) is 7.95. The zero-order valence-corrected chi connectivity index (χ0v) is 16.7. The first-order chi connectivity index (χ1) is 13.0. The van der Waals surface area contributed by atoms with Crippen LogP contribution in [-0.4, -0.2) is 9.97 Å². The molecule has 1 aromatic heterocycles. The van der Waals surface area contributed by atoms with Crippen LogP contribution < -0.4 is 5.32 Å². The fourth-order valence-electron chi connectivity index (χ4n) is 2.73. The predicted molar refractivity (Wildman–Crippen MR) is 115 cm³/mol. The van der Waals surface area contributed by atoms with Gasteiger partial charge in [-0.3, -0.25) is 0 Å². The minimum Gasteiger partial charge on any atom is -0.340 e. The Morgan fingerprint density at radius 1 is 0.704 bits per heavy atom. The van der Waals surface area contributed by atoms with E-state index in [-0.39, 0.29) is 0 Å². The highest BCUT2D eigenvalue weighted by Crippen LogP contribution is 2.33. The summed E-state index contributed by atoms with van der Waals surface area (Å²) in [6.45, 7) is 0. The molecule has 4 aromatic rings. The topological polar surface area (TPSA) is 37.8 Å². The first kappa shape index (κ1) is 18.3. The van der Waals surface area contributed by atoms with Crippen LogP contribution in [0.25, 0.3) is 22.3 Å².